The van der Waals surface area contributed by atoms with E-state index < -0.39 is 0 Å². The highest BCUT2D eigenvalue weighted by atomic mass is 16.3. The Morgan fingerprint density at radius 3 is 2.58 bits per heavy atom. The molecule has 72 valence electrons. The Bertz CT molecular complexity index is 147. The van der Waals surface area contributed by atoms with Gasteiger partial charge in [-0.3, -0.25) is 0 Å². The molecule has 12 heavy (non-hydrogen) atoms. The molecule has 3 heteroatoms. The topological polar surface area (TPSA) is 52.5 Å². The summed E-state index contributed by atoms with van der Waals surface area (Å²) in [5.41, 5.74) is 0.00938. The van der Waals surface area contributed by atoms with Crippen LogP contribution in [-0.2, 0) is 0 Å². The SMILES string of the molecule is CC1(C)C(O)CC1NCCCO. The van der Waals surface area contributed by atoms with Gasteiger partial charge in [0.1, 0.15) is 0 Å². The van der Waals surface area contributed by atoms with Crippen molar-refractivity contribution in [2.75, 3.05) is 13.2 Å². The molecule has 1 aliphatic carbocycles. The summed E-state index contributed by atoms with van der Waals surface area (Å²) in [6.45, 7) is 5.22. The lowest BCUT2D eigenvalue weighted by Crippen LogP contribution is -2.60. The van der Waals surface area contributed by atoms with Gasteiger partial charge in [-0.1, -0.05) is 13.8 Å². The molecule has 0 aliphatic heterocycles. The number of aliphatic hydroxyl groups excluding tert-OH is 2. The molecular formula is C9H19NO2. The first-order chi connectivity index (χ1) is 5.59. The van der Waals surface area contributed by atoms with Crippen molar-refractivity contribution in [2.24, 2.45) is 5.41 Å². The van der Waals surface area contributed by atoms with Crippen molar-refractivity contribution in [3.05, 3.63) is 0 Å². The van der Waals surface area contributed by atoms with E-state index in [0.717, 1.165) is 19.4 Å². The first kappa shape index (κ1) is 9.96. The second-order valence-electron chi connectivity index (χ2n) is 4.16. The Kier molecular flexibility index (Phi) is 3.09. The first-order valence-corrected chi connectivity index (χ1v) is 4.61. The van der Waals surface area contributed by atoms with Crippen LogP contribution in [0.1, 0.15) is 26.7 Å². The molecule has 2 atom stereocenters. The van der Waals surface area contributed by atoms with E-state index in [4.69, 9.17) is 5.11 Å². The zero-order chi connectivity index (χ0) is 9.19. The van der Waals surface area contributed by atoms with E-state index in [9.17, 15) is 5.11 Å². The standard InChI is InChI=1S/C9H19NO2/c1-9(2)7(6-8(9)12)10-4-3-5-11/h7-8,10-12H,3-6H2,1-2H3. The number of hydrogen-bond donors (Lipinski definition) is 3. The minimum atomic E-state index is -0.163. The first-order valence-electron chi connectivity index (χ1n) is 4.61. The highest BCUT2D eigenvalue weighted by Crippen LogP contribution is 2.40. The molecule has 1 fully saturated rings. The Hall–Kier alpha value is -0.120. The van der Waals surface area contributed by atoms with Gasteiger partial charge >= 0.3 is 0 Å². The van der Waals surface area contributed by atoms with Crippen LogP contribution in [-0.4, -0.2) is 35.5 Å². The van der Waals surface area contributed by atoms with E-state index >= 15 is 0 Å². The van der Waals surface area contributed by atoms with E-state index in [2.05, 4.69) is 19.2 Å². The van der Waals surface area contributed by atoms with Crippen LogP contribution in [0.15, 0.2) is 0 Å². The smallest absolute Gasteiger partial charge is 0.0621 e. The van der Waals surface area contributed by atoms with Gasteiger partial charge in [0.15, 0.2) is 0 Å². The van der Waals surface area contributed by atoms with Crippen LogP contribution in [0.4, 0.5) is 0 Å². The van der Waals surface area contributed by atoms with Crippen LogP contribution in [0.3, 0.4) is 0 Å². The van der Waals surface area contributed by atoms with Crippen molar-refractivity contribution < 1.29 is 10.2 Å². The lowest BCUT2D eigenvalue weighted by molar-refractivity contribution is -0.0724. The molecule has 3 nitrogen and oxygen atoms in total. The molecular weight excluding hydrogens is 154 g/mol. The molecule has 1 aliphatic rings. The van der Waals surface area contributed by atoms with Gasteiger partial charge < -0.3 is 15.5 Å². The molecule has 0 amide bonds. The normalized spacial score (nSPS) is 33.0. The predicted molar refractivity (Wildman–Crippen MR) is 47.9 cm³/mol. The van der Waals surface area contributed by atoms with Crippen LogP contribution < -0.4 is 5.32 Å². The van der Waals surface area contributed by atoms with Crippen LogP contribution in [0.25, 0.3) is 0 Å². The van der Waals surface area contributed by atoms with Gasteiger partial charge in [0.2, 0.25) is 0 Å². The molecule has 0 aromatic heterocycles. The van der Waals surface area contributed by atoms with Gasteiger partial charge in [-0.15, -0.1) is 0 Å². The maximum Gasteiger partial charge on any atom is 0.0621 e. The minimum Gasteiger partial charge on any atom is -0.396 e. The maximum atomic E-state index is 9.41. The molecule has 1 saturated carbocycles. The van der Waals surface area contributed by atoms with Crippen LogP contribution in [0.2, 0.25) is 0 Å². The second-order valence-corrected chi connectivity index (χ2v) is 4.16. The summed E-state index contributed by atoms with van der Waals surface area (Å²) < 4.78 is 0. The number of aliphatic hydroxyl groups is 2. The third kappa shape index (κ3) is 1.79. The lowest BCUT2D eigenvalue weighted by atomic mass is 9.64. The third-order valence-electron chi connectivity index (χ3n) is 2.94. The van der Waals surface area contributed by atoms with Crippen molar-refractivity contribution in [3.63, 3.8) is 0 Å². The lowest BCUT2D eigenvalue weighted by Gasteiger charge is -2.49. The number of rotatable bonds is 4. The van der Waals surface area contributed by atoms with Gasteiger partial charge in [-0.2, -0.15) is 0 Å². The molecule has 1 rings (SSSR count). The summed E-state index contributed by atoms with van der Waals surface area (Å²) in [6, 6.07) is 0.416. The summed E-state index contributed by atoms with van der Waals surface area (Å²) in [5.74, 6) is 0. The van der Waals surface area contributed by atoms with E-state index in [1.807, 2.05) is 0 Å². The van der Waals surface area contributed by atoms with Gasteiger partial charge in [0.25, 0.3) is 0 Å². The summed E-state index contributed by atoms with van der Waals surface area (Å²) in [6.07, 6.45) is 1.48. The molecule has 0 aromatic carbocycles. The average molecular weight is 173 g/mol. The highest BCUT2D eigenvalue weighted by molar-refractivity contribution is 5.01. The molecule has 0 radical (unpaired) electrons. The molecule has 0 bridgehead atoms. The van der Waals surface area contributed by atoms with Crippen LogP contribution >= 0.6 is 0 Å². The largest absolute Gasteiger partial charge is 0.396 e. The van der Waals surface area contributed by atoms with Gasteiger partial charge in [-0.25, -0.2) is 0 Å². The van der Waals surface area contributed by atoms with Gasteiger partial charge in [0.05, 0.1) is 6.10 Å². The minimum absolute atomic E-state index is 0.00938. The molecule has 2 unspecified atom stereocenters. The Morgan fingerprint density at radius 1 is 1.50 bits per heavy atom. The quantitative estimate of drug-likeness (QED) is 0.529. The molecule has 0 heterocycles. The van der Waals surface area contributed by atoms with Crippen LogP contribution in [0.5, 0.6) is 0 Å². The summed E-state index contributed by atoms with van der Waals surface area (Å²) in [5, 5.41) is 21.3. The van der Waals surface area contributed by atoms with E-state index in [1.165, 1.54) is 0 Å². The Balaban J connectivity index is 2.19. The second kappa shape index (κ2) is 3.73. The molecule has 3 N–H and O–H groups in total. The number of nitrogens with one attached hydrogen (secondary N) is 1. The van der Waals surface area contributed by atoms with E-state index in [1.54, 1.807) is 0 Å². The van der Waals surface area contributed by atoms with Crippen LogP contribution in [0, 0.1) is 5.41 Å². The van der Waals surface area contributed by atoms with Crippen molar-refractivity contribution in [2.45, 2.75) is 38.8 Å². The van der Waals surface area contributed by atoms with Crippen molar-refractivity contribution in [3.8, 4) is 0 Å². The summed E-state index contributed by atoms with van der Waals surface area (Å²) in [4.78, 5) is 0. The zero-order valence-electron chi connectivity index (χ0n) is 7.88. The molecule has 0 aromatic rings. The van der Waals surface area contributed by atoms with Gasteiger partial charge in [0, 0.05) is 18.1 Å². The van der Waals surface area contributed by atoms with Gasteiger partial charge in [-0.05, 0) is 19.4 Å². The Morgan fingerprint density at radius 2 is 2.17 bits per heavy atom. The zero-order valence-corrected chi connectivity index (χ0v) is 7.88. The average Bonchev–Trinajstić information content (AvgIpc) is 2.04. The van der Waals surface area contributed by atoms with Crippen molar-refractivity contribution in [1.29, 1.82) is 0 Å². The summed E-state index contributed by atoms with van der Waals surface area (Å²) in [7, 11) is 0. The molecule has 0 saturated heterocycles. The van der Waals surface area contributed by atoms with Crippen molar-refractivity contribution in [1.82, 2.24) is 5.32 Å². The van der Waals surface area contributed by atoms with Crippen molar-refractivity contribution >= 4 is 0 Å². The van der Waals surface area contributed by atoms with E-state index in [0.29, 0.717) is 6.04 Å². The third-order valence-corrected chi connectivity index (χ3v) is 2.94. The monoisotopic (exact) mass is 173 g/mol. The highest BCUT2D eigenvalue weighted by Gasteiger charge is 2.46. The maximum absolute atomic E-state index is 9.41. The fourth-order valence-corrected chi connectivity index (χ4v) is 1.60. The predicted octanol–water partition coefficient (Wildman–Crippen LogP) is 0.118. The fourth-order valence-electron chi connectivity index (χ4n) is 1.60. The Labute approximate surface area is 73.8 Å². The van der Waals surface area contributed by atoms with E-state index in [-0.39, 0.29) is 18.1 Å². The molecule has 0 spiro atoms. The fraction of sp³-hybridized carbons (Fsp3) is 1.00. The summed E-state index contributed by atoms with van der Waals surface area (Å²) >= 11 is 0. The number of hydrogen-bond acceptors (Lipinski definition) is 3.